The van der Waals surface area contributed by atoms with Crippen LogP contribution in [0.3, 0.4) is 0 Å². The smallest absolute Gasteiger partial charge is 0.322 e. The summed E-state index contributed by atoms with van der Waals surface area (Å²) in [6.07, 6.45) is 4.20. The third-order valence-electron chi connectivity index (χ3n) is 3.96. The highest BCUT2D eigenvalue weighted by Gasteiger charge is 2.36. The Balaban J connectivity index is 1.88. The summed E-state index contributed by atoms with van der Waals surface area (Å²) in [4.78, 5) is 13.4. The zero-order valence-electron chi connectivity index (χ0n) is 11.6. The van der Waals surface area contributed by atoms with Crippen LogP contribution in [0.1, 0.15) is 32.1 Å². The van der Waals surface area contributed by atoms with Crippen LogP contribution in [-0.4, -0.2) is 67.5 Å². The Morgan fingerprint density at radius 3 is 2.45 bits per heavy atom. The van der Waals surface area contributed by atoms with Crippen LogP contribution in [-0.2, 0) is 15.0 Å². The van der Waals surface area contributed by atoms with Gasteiger partial charge in [0.05, 0.1) is 0 Å². The predicted molar refractivity (Wildman–Crippen MR) is 74.6 cm³/mol. The monoisotopic (exact) mass is 305 g/mol. The molecule has 8 heteroatoms. The molecule has 1 unspecified atom stereocenters. The Morgan fingerprint density at radius 2 is 1.80 bits per heavy atom. The van der Waals surface area contributed by atoms with Crippen molar-refractivity contribution in [1.82, 2.24) is 13.9 Å². The Bertz CT molecular complexity index is 434. The van der Waals surface area contributed by atoms with Crippen molar-refractivity contribution in [2.24, 2.45) is 0 Å². The normalized spacial score (nSPS) is 25.9. The molecule has 2 fully saturated rings. The van der Waals surface area contributed by atoms with Gasteiger partial charge in [-0.3, -0.25) is 4.79 Å². The number of nitrogens with one attached hydrogen (secondary N) is 1. The zero-order chi connectivity index (χ0) is 14.6. The van der Waals surface area contributed by atoms with Crippen LogP contribution in [0, 0.1) is 0 Å². The van der Waals surface area contributed by atoms with E-state index in [-0.39, 0.29) is 6.54 Å². The summed E-state index contributed by atoms with van der Waals surface area (Å²) in [5.74, 6) is -1.06. The van der Waals surface area contributed by atoms with E-state index in [4.69, 9.17) is 5.11 Å². The van der Waals surface area contributed by atoms with Gasteiger partial charge in [-0.15, -0.1) is 0 Å². The van der Waals surface area contributed by atoms with E-state index in [9.17, 15) is 13.2 Å². The van der Waals surface area contributed by atoms with Crippen molar-refractivity contribution in [2.75, 3.05) is 32.7 Å². The molecule has 2 rings (SSSR count). The second kappa shape index (κ2) is 6.84. The molecule has 2 saturated heterocycles. The maximum absolute atomic E-state index is 12.2. The number of rotatable bonds is 6. The van der Waals surface area contributed by atoms with Gasteiger partial charge in [0.1, 0.15) is 6.04 Å². The molecule has 2 aliphatic heterocycles. The number of piperidine rings is 1. The van der Waals surface area contributed by atoms with Crippen molar-refractivity contribution < 1.29 is 18.3 Å². The lowest BCUT2D eigenvalue weighted by Gasteiger charge is -2.32. The quantitative estimate of drug-likeness (QED) is 0.712. The molecule has 0 amide bonds. The van der Waals surface area contributed by atoms with Gasteiger partial charge in [-0.2, -0.15) is 12.7 Å². The second-order valence-electron chi connectivity index (χ2n) is 5.41. The Kier molecular flexibility index (Phi) is 5.36. The van der Waals surface area contributed by atoms with E-state index in [1.54, 1.807) is 0 Å². The fourth-order valence-corrected chi connectivity index (χ4v) is 4.28. The van der Waals surface area contributed by atoms with E-state index in [1.807, 2.05) is 0 Å². The minimum Gasteiger partial charge on any atom is -0.480 e. The van der Waals surface area contributed by atoms with Gasteiger partial charge >= 0.3 is 5.97 Å². The van der Waals surface area contributed by atoms with E-state index in [0.29, 0.717) is 19.5 Å². The lowest BCUT2D eigenvalue weighted by Crippen LogP contribution is -2.52. The number of hydrogen-bond acceptors (Lipinski definition) is 4. The van der Waals surface area contributed by atoms with Crippen LogP contribution >= 0.6 is 0 Å². The Morgan fingerprint density at radius 1 is 1.15 bits per heavy atom. The van der Waals surface area contributed by atoms with Crippen molar-refractivity contribution in [3.05, 3.63) is 0 Å². The molecule has 2 aliphatic rings. The number of aliphatic carboxylic acids is 1. The van der Waals surface area contributed by atoms with Gasteiger partial charge in [-0.05, 0) is 45.2 Å². The van der Waals surface area contributed by atoms with Crippen molar-refractivity contribution in [3.63, 3.8) is 0 Å². The highest BCUT2D eigenvalue weighted by Crippen LogP contribution is 2.19. The summed E-state index contributed by atoms with van der Waals surface area (Å²) in [5.41, 5.74) is 0. The predicted octanol–water partition coefficient (Wildman–Crippen LogP) is -0.144. The fourth-order valence-electron chi connectivity index (χ4n) is 2.86. The number of hydrogen-bond donors (Lipinski definition) is 2. The average Bonchev–Trinajstić information content (AvgIpc) is 2.91. The van der Waals surface area contributed by atoms with Gasteiger partial charge in [0.2, 0.25) is 0 Å². The summed E-state index contributed by atoms with van der Waals surface area (Å²) in [5, 5.41) is 9.13. The molecule has 0 bridgehead atoms. The molecule has 0 spiro atoms. The standard InChI is InChI=1S/C12H23N3O4S/c16-12(17)11-5-1-2-9-15(11)20(18,19)13-6-10-14-7-3-4-8-14/h11,13H,1-10H2,(H,16,17). The van der Waals surface area contributed by atoms with E-state index in [2.05, 4.69) is 9.62 Å². The minimum absolute atomic E-state index is 0.288. The SMILES string of the molecule is O=C(O)C1CCCCN1S(=O)(=O)NCCN1CCCC1. The molecule has 0 saturated carbocycles. The average molecular weight is 305 g/mol. The zero-order valence-corrected chi connectivity index (χ0v) is 12.4. The first-order valence-corrected chi connectivity index (χ1v) is 8.66. The molecule has 20 heavy (non-hydrogen) atoms. The van der Waals surface area contributed by atoms with E-state index in [0.717, 1.165) is 30.2 Å². The van der Waals surface area contributed by atoms with E-state index in [1.165, 1.54) is 12.8 Å². The summed E-state index contributed by atoms with van der Waals surface area (Å²) in [7, 11) is -3.69. The van der Waals surface area contributed by atoms with Gasteiger partial charge in [0.25, 0.3) is 10.2 Å². The number of carboxylic acids is 1. The highest BCUT2D eigenvalue weighted by atomic mass is 32.2. The van der Waals surface area contributed by atoms with E-state index < -0.39 is 22.2 Å². The minimum atomic E-state index is -3.69. The van der Waals surface area contributed by atoms with Crippen LogP contribution in [0.15, 0.2) is 0 Å². The molecule has 0 radical (unpaired) electrons. The van der Waals surface area contributed by atoms with Crippen LogP contribution in [0.5, 0.6) is 0 Å². The molecular weight excluding hydrogens is 282 g/mol. The Hall–Kier alpha value is -0.700. The van der Waals surface area contributed by atoms with Gasteiger partial charge in [-0.25, -0.2) is 4.72 Å². The molecule has 116 valence electrons. The van der Waals surface area contributed by atoms with Crippen molar-refractivity contribution >= 4 is 16.2 Å². The van der Waals surface area contributed by atoms with Crippen LogP contribution < -0.4 is 4.72 Å². The number of nitrogens with zero attached hydrogens (tertiary/aromatic N) is 2. The first-order valence-electron chi connectivity index (χ1n) is 7.22. The maximum atomic E-state index is 12.2. The molecule has 7 nitrogen and oxygen atoms in total. The van der Waals surface area contributed by atoms with Gasteiger partial charge in [0.15, 0.2) is 0 Å². The Labute approximate surface area is 120 Å². The van der Waals surface area contributed by atoms with Gasteiger partial charge in [0, 0.05) is 19.6 Å². The molecule has 0 aromatic heterocycles. The summed E-state index contributed by atoms with van der Waals surface area (Å²) in [6.45, 7) is 3.35. The third-order valence-corrected chi connectivity index (χ3v) is 5.58. The molecule has 1 atom stereocenters. The molecule has 0 aromatic carbocycles. The molecular formula is C12H23N3O4S. The largest absolute Gasteiger partial charge is 0.480 e. The van der Waals surface area contributed by atoms with E-state index >= 15 is 0 Å². The first kappa shape index (κ1) is 15.7. The molecule has 2 heterocycles. The molecule has 2 N–H and O–H groups in total. The van der Waals surface area contributed by atoms with Crippen LogP contribution in [0.2, 0.25) is 0 Å². The highest BCUT2D eigenvalue weighted by molar-refractivity contribution is 7.87. The van der Waals surface area contributed by atoms with Crippen LogP contribution in [0.25, 0.3) is 0 Å². The van der Waals surface area contributed by atoms with Crippen molar-refractivity contribution in [3.8, 4) is 0 Å². The van der Waals surface area contributed by atoms with Gasteiger partial charge < -0.3 is 10.0 Å². The maximum Gasteiger partial charge on any atom is 0.322 e. The summed E-state index contributed by atoms with van der Waals surface area (Å²) in [6, 6.07) is -0.923. The lowest BCUT2D eigenvalue weighted by atomic mass is 10.1. The lowest BCUT2D eigenvalue weighted by molar-refractivity contribution is -0.142. The van der Waals surface area contributed by atoms with Crippen molar-refractivity contribution in [2.45, 2.75) is 38.1 Å². The topological polar surface area (TPSA) is 90.0 Å². The number of carboxylic acid groups (broad SMARTS) is 1. The van der Waals surface area contributed by atoms with Gasteiger partial charge in [-0.1, -0.05) is 0 Å². The summed E-state index contributed by atoms with van der Waals surface area (Å²) >= 11 is 0. The summed E-state index contributed by atoms with van der Waals surface area (Å²) < 4.78 is 28.0. The van der Waals surface area contributed by atoms with Crippen molar-refractivity contribution in [1.29, 1.82) is 0 Å². The fraction of sp³-hybridized carbons (Fsp3) is 0.917. The van der Waals surface area contributed by atoms with Crippen LogP contribution in [0.4, 0.5) is 0 Å². The first-order chi connectivity index (χ1) is 9.50. The third kappa shape index (κ3) is 3.91. The second-order valence-corrected chi connectivity index (χ2v) is 7.12. The number of carbonyl (C=O) groups is 1. The molecule has 0 aromatic rings. The number of likely N-dealkylation sites (tertiary alicyclic amines) is 1. The molecule has 0 aliphatic carbocycles.